The molecule has 0 saturated heterocycles. The summed E-state index contributed by atoms with van der Waals surface area (Å²) >= 11 is 3.26. The average molecular weight is 368 g/mol. The van der Waals surface area contributed by atoms with Gasteiger partial charge in [-0.2, -0.15) is 0 Å². The van der Waals surface area contributed by atoms with Crippen molar-refractivity contribution in [2.24, 2.45) is 7.05 Å². The lowest BCUT2D eigenvalue weighted by Crippen LogP contribution is -2.42. The van der Waals surface area contributed by atoms with E-state index in [4.69, 9.17) is 4.74 Å². The highest BCUT2D eigenvalue weighted by Gasteiger charge is 2.15. The molecule has 0 spiro atoms. The van der Waals surface area contributed by atoms with E-state index in [-0.39, 0.29) is 11.3 Å². The Kier molecular flexibility index (Phi) is 4.71. The molecule has 0 aliphatic carbocycles. The summed E-state index contributed by atoms with van der Waals surface area (Å²) in [6, 6.07) is 5.86. The van der Waals surface area contributed by atoms with Crippen molar-refractivity contribution >= 4 is 27.7 Å². The first-order valence-corrected chi connectivity index (χ1v) is 7.01. The summed E-state index contributed by atoms with van der Waals surface area (Å²) in [5.74, 6) is -0.934. The van der Waals surface area contributed by atoms with E-state index in [9.17, 15) is 14.7 Å². The molecule has 1 heterocycles. The minimum absolute atomic E-state index is 0.0224. The normalized spacial score (nSPS) is 10.1. The molecule has 0 aliphatic heterocycles. The number of carbonyl (C=O) groups is 2. The zero-order valence-corrected chi connectivity index (χ0v) is 13.5. The number of hydrogen-bond donors (Lipinski definition) is 3. The fourth-order valence-electron chi connectivity index (χ4n) is 1.83. The van der Waals surface area contributed by atoms with Crippen molar-refractivity contribution in [3.8, 4) is 11.5 Å². The Morgan fingerprint density at radius 1 is 1.23 bits per heavy atom. The van der Waals surface area contributed by atoms with Gasteiger partial charge < -0.3 is 14.4 Å². The lowest BCUT2D eigenvalue weighted by molar-refractivity contribution is 0.0840. The van der Waals surface area contributed by atoms with Crippen LogP contribution in [0.2, 0.25) is 0 Å². The molecule has 8 heteroatoms. The highest BCUT2D eigenvalue weighted by molar-refractivity contribution is 9.10. The van der Waals surface area contributed by atoms with E-state index in [2.05, 4.69) is 26.8 Å². The highest BCUT2D eigenvalue weighted by atomic mass is 79.9. The zero-order valence-electron chi connectivity index (χ0n) is 11.9. The quantitative estimate of drug-likeness (QED) is 0.718. The van der Waals surface area contributed by atoms with Gasteiger partial charge in [0.2, 0.25) is 0 Å². The number of aryl methyl sites for hydroxylation is 1. The lowest BCUT2D eigenvalue weighted by atomic mass is 10.2. The topological polar surface area (TPSA) is 92.6 Å². The van der Waals surface area contributed by atoms with Crippen molar-refractivity contribution in [2.45, 2.75) is 0 Å². The van der Waals surface area contributed by atoms with Crippen LogP contribution in [0.5, 0.6) is 11.5 Å². The van der Waals surface area contributed by atoms with Crippen molar-refractivity contribution in [1.29, 1.82) is 0 Å². The molecule has 0 bridgehead atoms. The Bertz CT molecular complexity index is 727. The first-order valence-electron chi connectivity index (χ1n) is 6.22. The van der Waals surface area contributed by atoms with Crippen LogP contribution in [0.15, 0.2) is 34.9 Å². The third-order valence-corrected chi connectivity index (χ3v) is 3.38. The molecule has 7 nitrogen and oxygen atoms in total. The summed E-state index contributed by atoms with van der Waals surface area (Å²) < 4.78 is 7.29. The summed E-state index contributed by atoms with van der Waals surface area (Å²) in [5, 5.41) is 9.76. The van der Waals surface area contributed by atoms with E-state index >= 15 is 0 Å². The molecule has 0 aliphatic rings. The van der Waals surface area contributed by atoms with Gasteiger partial charge in [-0.3, -0.25) is 20.4 Å². The number of ether oxygens (including phenoxy) is 1. The molecule has 0 fully saturated rings. The molecule has 0 unspecified atom stereocenters. The molecule has 2 aromatic rings. The standard InChI is InChI=1S/C14H14BrN3O4/c1-18-7-8(15)5-11(18)14(21)17-16-13(20)10-4-3-9(22-2)6-12(10)19/h3-7,19H,1-2H3,(H,16,20)(H,17,21). The maximum Gasteiger partial charge on any atom is 0.286 e. The summed E-state index contributed by atoms with van der Waals surface area (Å²) in [5.41, 5.74) is 4.92. The van der Waals surface area contributed by atoms with Gasteiger partial charge in [-0.15, -0.1) is 0 Å². The molecule has 0 radical (unpaired) electrons. The predicted molar refractivity (Wildman–Crippen MR) is 82.7 cm³/mol. The molecular formula is C14H14BrN3O4. The third-order valence-electron chi connectivity index (χ3n) is 2.94. The van der Waals surface area contributed by atoms with Gasteiger partial charge >= 0.3 is 0 Å². The number of methoxy groups -OCH3 is 1. The fraction of sp³-hybridized carbons (Fsp3) is 0.143. The maximum atomic E-state index is 11.9. The number of phenolic OH excluding ortho intramolecular Hbond substituents is 1. The summed E-state index contributed by atoms with van der Waals surface area (Å²) in [6.07, 6.45) is 1.71. The Morgan fingerprint density at radius 3 is 2.45 bits per heavy atom. The van der Waals surface area contributed by atoms with E-state index in [0.29, 0.717) is 11.4 Å². The van der Waals surface area contributed by atoms with Crippen molar-refractivity contribution in [3.63, 3.8) is 0 Å². The Hall–Kier alpha value is -2.48. The SMILES string of the molecule is COc1ccc(C(=O)NNC(=O)c2cc(Br)cn2C)c(O)c1. The smallest absolute Gasteiger partial charge is 0.286 e. The lowest BCUT2D eigenvalue weighted by Gasteiger charge is -2.09. The van der Waals surface area contributed by atoms with E-state index < -0.39 is 11.8 Å². The first-order chi connectivity index (χ1) is 10.4. The van der Waals surface area contributed by atoms with E-state index in [1.54, 1.807) is 23.9 Å². The number of hydrazine groups is 1. The molecule has 116 valence electrons. The van der Waals surface area contributed by atoms with Gasteiger partial charge in [-0.05, 0) is 34.1 Å². The number of aromatic nitrogens is 1. The van der Waals surface area contributed by atoms with Gasteiger partial charge in [0.25, 0.3) is 11.8 Å². The molecule has 0 saturated carbocycles. The second kappa shape index (κ2) is 6.52. The van der Waals surface area contributed by atoms with Crippen LogP contribution in [-0.4, -0.2) is 28.6 Å². The van der Waals surface area contributed by atoms with Gasteiger partial charge in [0.15, 0.2) is 0 Å². The van der Waals surface area contributed by atoms with Crippen LogP contribution in [0.25, 0.3) is 0 Å². The fourth-order valence-corrected chi connectivity index (χ4v) is 2.35. The third kappa shape index (κ3) is 3.40. The van der Waals surface area contributed by atoms with Gasteiger partial charge in [-0.1, -0.05) is 0 Å². The second-order valence-corrected chi connectivity index (χ2v) is 5.36. The Balaban J connectivity index is 2.04. The number of rotatable bonds is 3. The van der Waals surface area contributed by atoms with E-state index in [1.807, 2.05) is 0 Å². The van der Waals surface area contributed by atoms with Crippen LogP contribution in [0.4, 0.5) is 0 Å². The minimum atomic E-state index is -0.637. The number of nitrogens with one attached hydrogen (secondary N) is 2. The second-order valence-electron chi connectivity index (χ2n) is 4.45. The van der Waals surface area contributed by atoms with E-state index in [0.717, 1.165) is 4.47 Å². The number of aromatic hydroxyl groups is 1. The molecule has 2 amide bonds. The summed E-state index contributed by atoms with van der Waals surface area (Å²) in [4.78, 5) is 23.9. The maximum absolute atomic E-state index is 11.9. The van der Waals surface area contributed by atoms with Crippen LogP contribution in [0, 0.1) is 0 Å². The van der Waals surface area contributed by atoms with Crippen molar-refractivity contribution in [3.05, 3.63) is 46.2 Å². The molecule has 3 N–H and O–H groups in total. The highest BCUT2D eigenvalue weighted by Crippen LogP contribution is 2.23. The van der Waals surface area contributed by atoms with E-state index in [1.165, 1.54) is 25.3 Å². The van der Waals surface area contributed by atoms with Crippen molar-refractivity contribution < 1.29 is 19.4 Å². The number of nitrogens with zero attached hydrogens (tertiary/aromatic N) is 1. The van der Waals surface area contributed by atoms with Crippen molar-refractivity contribution in [1.82, 2.24) is 15.4 Å². The number of phenols is 1. The minimum Gasteiger partial charge on any atom is -0.507 e. The van der Waals surface area contributed by atoms with Crippen LogP contribution < -0.4 is 15.6 Å². The monoisotopic (exact) mass is 367 g/mol. The van der Waals surface area contributed by atoms with Crippen LogP contribution in [0.3, 0.4) is 0 Å². The van der Waals surface area contributed by atoms with Crippen LogP contribution in [0.1, 0.15) is 20.8 Å². The molecular weight excluding hydrogens is 354 g/mol. The molecule has 1 aromatic carbocycles. The number of amides is 2. The molecule has 1 aromatic heterocycles. The number of benzene rings is 1. The number of hydrogen-bond acceptors (Lipinski definition) is 4. The van der Waals surface area contributed by atoms with Gasteiger partial charge in [0.05, 0.1) is 12.7 Å². The Morgan fingerprint density at radius 2 is 1.91 bits per heavy atom. The molecule has 22 heavy (non-hydrogen) atoms. The van der Waals surface area contributed by atoms with Gasteiger partial charge in [0.1, 0.15) is 17.2 Å². The first kappa shape index (κ1) is 15.9. The largest absolute Gasteiger partial charge is 0.507 e. The zero-order chi connectivity index (χ0) is 16.3. The average Bonchev–Trinajstić information content (AvgIpc) is 2.83. The van der Waals surface area contributed by atoms with Crippen LogP contribution in [-0.2, 0) is 7.05 Å². The van der Waals surface area contributed by atoms with Crippen LogP contribution >= 0.6 is 15.9 Å². The van der Waals surface area contributed by atoms with Gasteiger partial charge in [-0.25, -0.2) is 0 Å². The summed E-state index contributed by atoms with van der Waals surface area (Å²) in [6.45, 7) is 0. The summed E-state index contributed by atoms with van der Waals surface area (Å²) in [7, 11) is 3.16. The predicted octanol–water partition coefficient (Wildman–Crippen LogP) is 1.58. The van der Waals surface area contributed by atoms with Gasteiger partial charge in [0, 0.05) is 23.8 Å². The van der Waals surface area contributed by atoms with Crippen molar-refractivity contribution in [2.75, 3.05) is 7.11 Å². The molecule has 0 atom stereocenters. The molecule has 2 rings (SSSR count). The Labute approximate surface area is 135 Å². The number of carbonyl (C=O) groups excluding carboxylic acids is 2. The number of halogens is 1.